The van der Waals surface area contributed by atoms with Crippen LogP contribution in [0.25, 0.3) is 0 Å². The molecule has 0 saturated heterocycles. The van der Waals surface area contributed by atoms with Gasteiger partial charge in [-0.15, -0.1) is 11.3 Å². The van der Waals surface area contributed by atoms with Crippen LogP contribution in [0.3, 0.4) is 0 Å². The van der Waals surface area contributed by atoms with E-state index in [-0.39, 0.29) is 23.0 Å². The van der Waals surface area contributed by atoms with Gasteiger partial charge < -0.3 is 10.1 Å². The van der Waals surface area contributed by atoms with Crippen LogP contribution in [0.15, 0.2) is 34.0 Å². The van der Waals surface area contributed by atoms with E-state index in [1.807, 2.05) is 0 Å². The molecule has 29 heavy (non-hydrogen) atoms. The Kier molecular flexibility index (Phi) is 7.57. The molecule has 8 nitrogen and oxygen atoms in total. The van der Waals surface area contributed by atoms with Gasteiger partial charge in [-0.05, 0) is 17.5 Å². The minimum Gasteiger partial charge on any atom is -0.456 e. The molecular weight excluding hydrogens is 459 g/mol. The minimum absolute atomic E-state index is 0.0890. The predicted octanol–water partition coefficient (Wildman–Crippen LogP) is 2.67. The Bertz CT molecular complexity index is 982. The summed E-state index contributed by atoms with van der Waals surface area (Å²) in [6.45, 7) is -0.998. The van der Waals surface area contributed by atoms with Gasteiger partial charge in [0, 0.05) is 12.7 Å². The Morgan fingerprint density at radius 1 is 1.31 bits per heavy atom. The summed E-state index contributed by atoms with van der Waals surface area (Å²) >= 11 is 6.65. The Hall–Kier alpha value is -2.22. The van der Waals surface area contributed by atoms with E-state index >= 15 is 0 Å². The number of nitrogens with zero attached hydrogens (tertiary/aromatic N) is 1. The van der Waals surface area contributed by atoms with Crippen LogP contribution in [0.5, 0.6) is 0 Å². The Morgan fingerprint density at radius 3 is 2.62 bits per heavy atom. The molecule has 0 aromatic carbocycles. The van der Waals surface area contributed by atoms with Crippen molar-refractivity contribution in [2.24, 2.45) is 0 Å². The first kappa shape index (κ1) is 23.1. The minimum atomic E-state index is -4.64. The van der Waals surface area contributed by atoms with Crippen molar-refractivity contribution in [2.75, 3.05) is 18.5 Å². The van der Waals surface area contributed by atoms with Gasteiger partial charge in [0.05, 0.1) is 17.0 Å². The van der Waals surface area contributed by atoms with Gasteiger partial charge in [-0.1, -0.05) is 17.7 Å². The van der Waals surface area contributed by atoms with Crippen LogP contribution in [-0.2, 0) is 30.5 Å². The van der Waals surface area contributed by atoms with Crippen LogP contribution >= 0.6 is 22.9 Å². The van der Waals surface area contributed by atoms with E-state index in [4.69, 9.17) is 11.6 Å². The number of ether oxygens (including phenoxy) is 1. The number of aromatic nitrogens is 1. The van der Waals surface area contributed by atoms with E-state index in [0.717, 1.165) is 11.3 Å². The van der Waals surface area contributed by atoms with Crippen molar-refractivity contribution in [1.29, 1.82) is 0 Å². The lowest BCUT2D eigenvalue weighted by atomic mass is 10.3. The monoisotopic (exact) mass is 471 g/mol. The van der Waals surface area contributed by atoms with Crippen LogP contribution in [0.1, 0.15) is 12.0 Å². The van der Waals surface area contributed by atoms with Crippen molar-refractivity contribution in [1.82, 2.24) is 9.71 Å². The number of pyridine rings is 1. The van der Waals surface area contributed by atoms with E-state index in [0.29, 0.717) is 12.3 Å². The average molecular weight is 472 g/mol. The molecule has 0 radical (unpaired) electrons. The second-order valence-electron chi connectivity index (χ2n) is 5.34. The van der Waals surface area contributed by atoms with Gasteiger partial charge in [0.1, 0.15) is 4.21 Å². The maximum atomic E-state index is 12.5. The quantitative estimate of drug-likeness (QED) is 0.572. The highest BCUT2D eigenvalue weighted by atomic mass is 35.5. The molecule has 0 atom stereocenters. The SMILES string of the molecule is O=C(COC(=O)CCNS(=O)(=O)c1cccs1)Nc1ncc(C(F)(F)F)cc1Cl. The fraction of sp³-hybridized carbons (Fsp3) is 0.267. The highest BCUT2D eigenvalue weighted by Crippen LogP contribution is 2.32. The molecule has 14 heteroatoms. The van der Waals surface area contributed by atoms with Crippen molar-refractivity contribution < 1.29 is 35.9 Å². The maximum Gasteiger partial charge on any atom is 0.417 e. The first-order valence-electron chi connectivity index (χ1n) is 7.70. The topological polar surface area (TPSA) is 114 Å². The molecule has 2 aromatic rings. The van der Waals surface area contributed by atoms with Gasteiger partial charge in [0.15, 0.2) is 12.4 Å². The van der Waals surface area contributed by atoms with Gasteiger partial charge in [-0.2, -0.15) is 13.2 Å². The van der Waals surface area contributed by atoms with Crippen LogP contribution in [-0.4, -0.2) is 38.4 Å². The summed E-state index contributed by atoms with van der Waals surface area (Å²) in [6.07, 6.45) is -4.48. The highest BCUT2D eigenvalue weighted by molar-refractivity contribution is 7.91. The second kappa shape index (κ2) is 9.52. The van der Waals surface area contributed by atoms with Crippen molar-refractivity contribution in [2.45, 2.75) is 16.8 Å². The molecule has 0 spiro atoms. The van der Waals surface area contributed by atoms with Gasteiger partial charge in [-0.3, -0.25) is 9.59 Å². The maximum absolute atomic E-state index is 12.5. The summed E-state index contributed by atoms with van der Waals surface area (Å²) < 4.78 is 68.3. The number of sulfonamides is 1. The van der Waals surface area contributed by atoms with Crippen molar-refractivity contribution >= 4 is 50.7 Å². The van der Waals surface area contributed by atoms with Gasteiger partial charge in [0.25, 0.3) is 5.91 Å². The first-order chi connectivity index (χ1) is 13.5. The molecule has 0 aliphatic heterocycles. The number of amides is 1. The number of hydrogen-bond donors (Lipinski definition) is 2. The molecule has 0 bridgehead atoms. The summed E-state index contributed by atoms with van der Waals surface area (Å²) in [5.74, 6) is -2.07. The number of carbonyl (C=O) groups is 2. The van der Waals surface area contributed by atoms with E-state index in [9.17, 15) is 31.2 Å². The molecule has 0 fully saturated rings. The largest absolute Gasteiger partial charge is 0.456 e. The smallest absolute Gasteiger partial charge is 0.417 e. The zero-order chi connectivity index (χ0) is 21.7. The predicted molar refractivity (Wildman–Crippen MR) is 98.0 cm³/mol. The fourth-order valence-electron chi connectivity index (χ4n) is 1.85. The zero-order valence-corrected chi connectivity index (χ0v) is 16.7. The fourth-order valence-corrected chi connectivity index (χ4v) is 4.13. The number of esters is 1. The third-order valence-electron chi connectivity index (χ3n) is 3.17. The summed E-state index contributed by atoms with van der Waals surface area (Å²) in [6, 6.07) is 3.55. The lowest BCUT2D eigenvalue weighted by Crippen LogP contribution is -2.27. The van der Waals surface area contributed by atoms with Crippen LogP contribution in [0.4, 0.5) is 19.0 Å². The van der Waals surface area contributed by atoms with Crippen molar-refractivity contribution in [3.8, 4) is 0 Å². The normalized spacial score (nSPS) is 11.9. The molecule has 0 aliphatic carbocycles. The second-order valence-corrected chi connectivity index (χ2v) is 8.69. The summed E-state index contributed by atoms with van der Waals surface area (Å²) in [5.41, 5.74) is -1.09. The van der Waals surface area contributed by atoms with Gasteiger partial charge in [-0.25, -0.2) is 18.1 Å². The first-order valence-corrected chi connectivity index (χ1v) is 10.4. The van der Waals surface area contributed by atoms with E-state index in [1.54, 1.807) is 11.4 Å². The Balaban J connectivity index is 1.77. The number of anilines is 1. The molecule has 2 heterocycles. The molecule has 158 valence electrons. The molecular formula is C15H13ClF3N3O5S2. The molecule has 1 amide bonds. The van der Waals surface area contributed by atoms with Crippen LogP contribution < -0.4 is 10.0 Å². The van der Waals surface area contributed by atoms with Gasteiger partial charge >= 0.3 is 12.1 Å². The molecule has 2 rings (SSSR count). The van der Waals surface area contributed by atoms with Crippen molar-refractivity contribution in [3.05, 3.63) is 40.4 Å². The Labute approximate surface area is 172 Å². The average Bonchev–Trinajstić information content (AvgIpc) is 3.16. The molecule has 2 aromatic heterocycles. The Morgan fingerprint density at radius 2 is 2.03 bits per heavy atom. The number of hydrogen-bond acceptors (Lipinski definition) is 7. The third-order valence-corrected chi connectivity index (χ3v) is 6.32. The number of nitrogens with one attached hydrogen (secondary N) is 2. The molecule has 0 aliphatic rings. The zero-order valence-electron chi connectivity index (χ0n) is 14.3. The summed E-state index contributed by atoms with van der Waals surface area (Å²) in [5, 5.41) is 3.25. The number of carbonyl (C=O) groups excluding carboxylic acids is 2. The van der Waals surface area contributed by atoms with Crippen LogP contribution in [0.2, 0.25) is 5.02 Å². The van der Waals surface area contributed by atoms with Crippen molar-refractivity contribution in [3.63, 3.8) is 0 Å². The third kappa shape index (κ3) is 6.96. The molecule has 2 N–H and O–H groups in total. The van der Waals surface area contributed by atoms with E-state index < -0.39 is 45.3 Å². The molecule has 0 unspecified atom stereocenters. The van der Waals surface area contributed by atoms with Crippen LogP contribution in [0, 0.1) is 0 Å². The van der Waals surface area contributed by atoms with E-state index in [2.05, 4.69) is 19.8 Å². The summed E-state index contributed by atoms with van der Waals surface area (Å²) in [4.78, 5) is 26.7. The number of halogens is 4. The lowest BCUT2D eigenvalue weighted by molar-refractivity contribution is -0.147. The van der Waals surface area contributed by atoms with Gasteiger partial charge in [0.2, 0.25) is 10.0 Å². The highest BCUT2D eigenvalue weighted by Gasteiger charge is 2.31. The van der Waals surface area contributed by atoms with E-state index in [1.165, 1.54) is 6.07 Å². The standard InChI is InChI=1S/C15H13ClF3N3O5S2/c16-10-6-9(15(17,18)19)7-20-14(10)22-11(23)8-27-12(24)3-4-21-29(25,26)13-2-1-5-28-13/h1-2,5-7,21H,3-4,8H2,(H,20,22,23). The number of rotatable bonds is 8. The summed E-state index contributed by atoms with van der Waals surface area (Å²) in [7, 11) is -3.72. The molecule has 0 saturated carbocycles. The number of thiophene rings is 1. The number of alkyl halides is 3. The lowest BCUT2D eigenvalue weighted by Gasteiger charge is -2.10.